The normalized spacial score (nSPS) is 11.7. The van der Waals surface area contributed by atoms with Crippen LogP contribution in [0.1, 0.15) is 18.1 Å². The Morgan fingerprint density at radius 1 is 1.25 bits per heavy atom. The molecule has 5 nitrogen and oxygen atoms in total. The second-order valence-electron chi connectivity index (χ2n) is 5.37. The second kappa shape index (κ2) is 7.68. The van der Waals surface area contributed by atoms with Gasteiger partial charge in [-0.2, -0.15) is 0 Å². The fraction of sp³-hybridized carbons (Fsp3) is 0.278. The van der Waals surface area contributed by atoms with Gasteiger partial charge in [-0.25, -0.2) is 9.18 Å². The number of nitrogens with two attached hydrogens (primary N) is 1. The van der Waals surface area contributed by atoms with Gasteiger partial charge >= 0.3 is 5.97 Å². The molecule has 128 valence electrons. The van der Waals surface area contributed by atoms with Crippen molar-refractivity contribution in [1.29, 1.82) is 0 Å². The summed E-state index contributed by atoms with van der Waals surface area (Å²) in [6.45, 7) is 3.68. The maximum absolute atomic E-state index is 13.5. The van der Waals surface area contributed by atoms with Crippen molar-refractivity contribution in [3.8, 4) is 11.5 Å². The zero-order valence-corrected chi connectivity index (χ0v) is 13.8. The molecule has 6 heteroatoms. The number of methoxy groups -OCH3 is 1. The highest BCUT2D eigenvalue weighted by Gasteiger charge is 2.17. The fourth-order valence-corrected chi connectivity index (χ4v) is 2.05. The molecule has 2 aromatic carbocycles. The number of nitrogen functional groups attached to an aromatic ring is 1. The summed E-state index contributed by atoms with van der Waals surface area (Å²) in [6, 6.07) is 9.80. The first-order chi connectivity index (χ1) is 11.4. The Hall–Kier alpha value is -2.76. The third-order valence-electron chi connectivity index (χ3n) is 3.43. The first-order valence-corrected chi connectivity index (χ1v) is 7.42. The van der Waals surface area contributed by atoms with E-state index in [2.05, 4.69) is 4.74 Å². The minimum Gasteiger partial charge on any atom is -0.489 e. The van der Waals surface area contributed by atoms with Crippen LogP contribution in [-0.4, -0.2) is 19.2 Å². The molecule has 1 atom stereocenters. The van der Waals surface area contributed by atoms with Gasteiger partial charge in [-0.05, 0) is 37.6 Å². The van der Waals surface area contributed by atoms with Crippen LogP contribution in [0.3, 0.4) is 0 Å². The van der Waals surface area contributed by atoms with Crippen LogP contribution in [-0.2, 0) is 16.1 Å². The van der Waals surface area contributed by atoms with Gasteiger partial charge in [-0.15, -0.1) is 0 Å². The lowest BCUT2D eigenvalue weighted by Gasteiger charge is -2.17. The van der Waals surface area contributed by atoms with E-state index in [9.17, 15) is 9.18 Å². The predicted molar refractivity (Wildman–Crippen MR) is 88.4 cm³/mol. The molecular weight excluding hydrogens is 313 g/mol. The van der Waals surface area contributed by atoms with Crippen molar-refractivity contribution in [2.75, 3.05) is 12.8 Å². The molecule has 1 unspecified atom stereocenters. The smallest absolute Gasteiger partial charge is 0.346 e. The Morgan fingerprint density at radius 3 is 2.67 bits per heavy atom. The van der Waals surface area contributed by atoms with Gasteiger partial charge in [0.05, 0.1) is 12.8 Å². The lowest BCUT2D eigenvalue weighted by atomic mass is 10.1. The summed E-state index contributed by atoms with van der Waals surface area (Å²) in [4.78, 5) is 11.5. The van der Waals surface area contributed by atoms with Crippen molar-refractivity contribution in [3.63, 3.8) is 0 Å². The van der Waals surface area contributed by atoms with Crippen LogP contribution in [0.4, 0.5) is 10.1 Å². The number of aryl methyl sites for hydroxylation is 1. The highest BCUT2D eigenvalue weighted by atomic mass is 19.1. The molecule has 0 heterocycles. The Morgan fingerprint density at radius 2 is 2.00 bits per heavy atom. The van der Waals surface area contributed by atoms with E-state index in [0.29, 0.717) is 11.5 Å². The third kappa shape index (κ3) is 4.38. The molecule has 0 radical (unpaired) electrons. The molecule has 2 rings (SSSR count). The van der Waals surface area contributed by atoms with Gasteiger partial charge in [0.15, 0.2) is 6.10 Å². The summed E-state index contributed by atoms with van der Waals surface area (Å²) < 4.78 is 29.4. The van der Waals surface area contributed by atoms with Crippen LogP contribution in [0.2, 0.25) is 0 Å². The fourth-order valence-electron chi connectivity index (χ4n) is 2.05. The van der Waals surface area contributed by atoms with E-state index >= 15 is 0 Å². The number of hydrogen-bond donors (Lipinski definition) is 1. The van der Waals surface area contributed by atoms with Gasteiger partial charge in [0.25, 0.3) is 0 Å². The van der Waals surface area contributed by atoms with Gasteiger partial charge in [0, 0.05) is 11.6 Å². The summed E-state index contributed by atoms with van der Waals surface area (Å²) in [7, 11) is 1.30. The summed E-state index contributed by atoms with van der Waals surface area (Å²) in [5.41, 5.74) is 7.21. The van der Waals surface area contributed by atoms with Crippen molar-refractivity contribution >= 4 is 11.7 Å². The maximum Gasteiger partial charge on any atom is 0.346 e. The van der Waals surface area contributed by atoms with Crippen LogP contribution < -0.4 is 15.2 Å². The average Bonchev–Trinajstić information content (AvgIpc) is 2.56. The Labute approximate surface area is 140 Å². The number of carbonyl (C=O) groups is 1. The van der Waals surface area contributed by atoms with E-state index in [1.54, 1.807) is 13.0 Å². The summed E-state index contributed by atoms with van der Waals surface area (Å²) in [6.07, 6.45) is -0.746. The zero-order chi connectivity index (χ0) is 17.7. The van der Waals surface area contributed by atoms with E-state index in [1.165, 1.54) is 19.2 Å². The molecule has 0 aliphatic rings. The number of benzene rings is 2. The van der Waals surface area contributed by atoms with Gasteiger partial charge in [0.2, 0.25) is 0 Å². The number of halogens is 1. The topological polar surface area (TPSA) is 70.8 Å². The summed E-state index contributed by atoms with van der Waals surface area (Å²) in [5.74, 6) is -0.130. The standard InChI is InChI=1S/C18H20FNO4/c1-11-4-5-13(17(8-11)24-12(2)18(21)22-3)10-23-14-6-7-16(20)15(19)9-14/h4-9,12H,10,20H2,1-3H3. The Kier molecular flexibility index (Phi) is 5.63. The minimum absolute atomic E-state index is 0.0635. The molecule has 0 aliphatic carbocycles. The highest BCUT2D eigenvalue weighted by Crippen LogP contribution is 2.25. The number of rotatable bonds is 6. The van der Waals surface area contributed by atoms with E-state index in [1.807, 2.05) is 25.1 Å². The predicted octanol–water partition coefficient (Wildman–Crippen LogP) is 3.24. The number of ether oxygens (including phenoxy) is 3. The van der Waals surface area contributed by atoms with Gasteiger partial charge in [-0.1, -0.05) is 12.1 Å². The van der Waals surface area contributed by atoms with Gasteiger partial charge in [0.1, 0.15) is 23.9 Å². The lowest BCUT2D eigenvalue weighted by molar-refractivity contribution is -0.147. The van der Waals surface area contributed by atoms with Gasteiger partial charge in [-0.3, -0.25) is 0 Å². The Balaban J connectivity index is 2.14. The quantitative estimate of drug-likeness (QED) is 0.649. The summed E-state index contributed by atoms with van der Waals surface area (Å²) in [5, 5.41) is 0. The molecule has 0 fully saturated rings. The molecule has 0 saturated heterocycles. The van der Waals surface area contributed by atoms with E-state index in [0.717, 1.165) is 11.1 Å². The van der Waals surface area contributed by atoms with Crippen molar-refractivity contribution in [1.82, 2.24) is 0 Å². The van der Waals surface area contributed by atoms with Crippen LogP contribution in [0.25, 0.3) is 0 Å². The first-order valence-electron chi connectivity index (χ1n) is 7.42. The molecule has 2 aromatic rings. The molecule has 24 heavy (non-hydrogen) atoms. The van der Waals surface area contributed by atoms with Crippen molar-refractivity contribution < 1.29 is 23.4 Å². The average molecular weight is 333 g/mol. The van der Waals surface area contributed by atoms with Crippen molar-refractivity contribution in [3.05, 3.63) is 53.3 Å². The van der Waals surface area contributed by atoms with E-state index < -0.39 is 17.9 Å². The van der Waals surface area contributed by atoms with Crippen molar-refractivity contribution in [2.24, 2.45) is 0 Å². The number of anilines is 1. The maximum atomic E-state index is 13.5. The molecule has 0 spiro atoms. The van der Waals surface area contributed by atoms with E-state index in [-0.39, 0.29) is 12.3 Å². The molecule has 2 N–H and O–H groups in total. The van der Waals surface area contributed by atoms with Crippen LogP contribution in [0.15, 0.2) is 36.4 Å². The molecular formula is C18H20FNO4. The van der Waals surface area contributed by atoms with Crippen LogP contribution in [0, 0.1) is 12.7 Å². The molecule has 0 aromatic heterocycles. The van der Waals surface area contributed by atoms with Crippen LogP contribution >= 0.6 is 0 Å². The third-order valence-corrected chi connectivity index (χ3v) is 3.43. The number of esters is 1. The van der Waals surface area contributed by atoms with Crippen LogP contribution in [0.5, 0.6) is 11.5 Å². The molecule has 0 amide bonds. The van der Waals surface area contributed by atoms with Crippen molar-refractivity contribution in [2.45, 2.75) is 26.6 Å². The SMILES string of the molecule is COC(=O)C(C)Oc1cc(C)ccc1COc1ccc(N)c(F)c1. The molecule has 0 aliphatic heterocycles. The van der Waals surface area contributed by atoms with E-state index in [4.69, 9.17) is 15.2 Å². The number of carbonyl (C=O) groups excluding carboxylic acids is 1. The molecule has 0 saturated carbocycles. The monoisotopic (exact) mass is 333 g/mol. The van der Waals surface area contributed by atoms with Gasteiger partial charge < -0.3 is 19.9 Å². The Bertz CT molecular complexity index is 733. The lowest BCUT2D eigenvalue weighted by Crippen LogP contribution is -2.25. The second-order valence-corrected chi connectivity index (χ2v) is 5.37. The highest BCUT2D eigenvalue weighted by molar-refractivity contribution is 5.74. The molecule has 0 bridgehead atoms. The largest absolute Gasteiger partial charge is 0.489 e. The first kappa shape index (κ1) is 17.6. The zero-order valence-electron chi connectivity index (χ0n) is 13.8. The minimum atomic E-state index is -0.746. The summed E-state index contributed by atoms with van der Waals surface area (Å²) >= 11 is 0. The number of hydrogen-bond acceptors (Lipinski definition) is 5.